The van der Waals surface area contributed by atoms with Crippen LogP contribution in [0.2, 0.25) is 0 Å². The van der Waals surface area contributed by atoms with E-state index in [9.17, 15) is 0 Å². The van der Waals surface area contributed by atoms with E-state index in [-0.39, 0.29) is 0 Å². The highest BCUT2D eigenvalue weighted by atomic mass is 16.3. The van der Waals surface area contributed by atoms with Gasteiger partial charge >= 0.3 is 0 Å². The molecular weight excluding hydrogens is 468 g/mol. The normalized spacial score (nSPS) is 12.6. The predicted molar refractivity (Wildman–Crippen MR) is 153 cm³/mol. The first-order valence-corrected chi connectivity index (χ1v) is 12.5. The second kappa shape index (κ2) is 8.11. The number of hydrogen-bond donors (Lipinski definition) is 0. The van der Waals surface area contributed by atoms with Crippen molar-refractivity contribution in [1.29, 1.82) is 0 Å². The lowest BCUT2D eigenvalue weighted by Crippen LogP contribution is -2.16. The Morgan fingerprint density at radius 3 is 2.00 bits per heavy atom. The van der Waals surface area contributed by atoms with Gasteiger partial charge in [0.1, 0.15) is 11.2 Å². The molecular formula is C33H20N4O. The van der Waals surface area contributed by atoms with Crippen LogP contribution in [0.25, 0.3) is 61.6 Å². The minimum atomic E-state index is 0.573. The summed E-state index contributed by atoms with van der Waals surface area (Å²) in [7, 11) is 0. The lowest BCUT2D eigenvalue weighted by atomic mass is 9.95. The van der Waals surface area contributed by atoms with Crippen molar-refractivity contribution < 1.29 is 4.42 Å². The number of fused-ring (bicyclic) bond motifs is 4. The molecule has 2 aromatic heterocycles. The van der Waals surface area contributed by atoms with E-state index in [0.29, 0.717) is 17.6 Å². The highest BCUT2D eigenvalue weighted by Gasteiger charge is 2.24. The molecule has 5 aromatic carbocycles. The highest BCUT2D eigenvalue weighted by molar-refractivity contribution is 6.19. The summed E-state index contributed by atoms with van der Waals surface area (Å²) in [6.07, 6.45) is 4.20. The molecule has 5 heteroatoms. The number of furan rings is 1. The van der Waals surface area contributed by atoms with E-state index in [2.05, 4.69) is 53.6 Å². The average molecular weight is 489 g/mol. The van der Waals surface area contributed by atoms with Crippen molar-refractivity contribution in [3.8, 4) is 22.8 Å². The molecule has 0 radical (unpaired) electrons. The molecule has 1 aliphatic rings. The van der Waals surface area contributed by atoms with Gasteiger partial charge in [0.15, 0.2) is 11.6 Å². The third-order valence-corrected chi connectivity index (χ3v) is 7.08. The highest BCUT2D eigenvalue weighted by Crippen LogP contribution is 2.44. The van der Waals surface area contributed by atoms with Gasteiger partial charge in [-0.3, -0.25) is 4.90 Å². The van der Waals surface area contributed by atoms with Crippen molar-refractivity contribution in [2.24, 2.45) is 0 Å². The van der Waals surface area contributed by atoms with Gasteiger partial charge in [-0.25, -0.2) is 4.98 Å². The fraction of sp³-hybridized carbons (Fsp3) is 0. The van der Waals surface area contributed by atoms with Gasteiger partial charge in [-0.15, -0.1) is 0 Å². The van der Waals surface area contributed by atoms with Crippen LogP contribution in [0.15, 0.2) is 120 Å². The van der Waals surface area contributed by atoms with Crippen molar-refractivity contribution in [1.82, 2.24) is 15.0 Å². The molecule has 38 heavy (non-hydrogen) atoms. The smallest absolute Gasteiger partial charge is 0.238 e. The molecule has 0 fully saturated rings. The maximum absolute atomic E-state index is 6.23. The molecule has 7 aromatic rings. The zero-order valence-electron chi connectivity index (χ0n) is 20.2. The number of hydrogen-bond acceptors (Lipinski definition) is 5. The summed E-state index contributed by atoms with van der Waals surface area (Å²) in [4.78, 5) is 16.8. The second-order valence-corrected chi connectivity index (χ2v) is 9.34. The molecule has 1 aliphatic heterocycles. The Morgan fingerprint density at radius 2 is 1.26 bits per heavy atom. The zero-order valence-corrected chi connectivity index (χ0v) is 20.2. The van der Waals surface area contributed by atoms with Gasteiger partial charge in [0, 0.05) is 33.5 Å². The zero-order chi connectivity index (χ0) is 25.1. The average Bonchev–Trinajstić information content (AvgIpc) is 3.36. The quantitative estimate of drug-likeness (QED) is 0.250. The van der Waals surface area contributed by atoms with Crippen LogP contribution in [0.1, 0.15) is 5.56 Å². The first kappa shape index (κ1) is 20.9. The Balaban J connectivity index is 1.38. The van der Waals surface area contributed by atoms with Gasteiger partial charge in [0.2, 0.25) is 5.95 Å². The van der Waals surface area contributed by atoms with Gasteiger partial charge < -0.3 is 4.42 Å². The molecule has 5 nitrogen and oxygen atoms in total. The summed E-state index contributed by atoms with van der Waals surface area (Å²) in [5.41, 5.74) is 5.84. The van der Waals surface area contributed by atoms with Crippen LogP contribution >= 0.6 is 0 Å². The molecule has 0 aliphatic carbocycles. The predicted octanol–water partition coefficient (Wildman–Crippen LogP) is 8.38. The SMILES string of the molecule is C1=CN(c2nc(-c3ccccc3)nc(-c3ccccc3)n2)c2cccc3cc4oc5ccccc5c4c1c23. The number of anilines is 2. The number of rotatable bonds is 3. The third kappa shape index (κ3) is 3.15. The van der Waals surface area contributed by atoms with Crippen molar-refractivity contribution in [3.63, 3.8) is 0 Å². The summed E-state index contributed by atoms with van der Waals surface area (Å²) in [6.45, 7) is 0. The minimum Gasteiger partial charge on any atom is -0.456 e. The molecule has 0 atom stereocenters. The summed E-state index contributed by atoms with van der Waals surface area (Å²) in [5, 5.41) is 4.50. The number of para-hydroxylation sites is 1. The fourth-order valence-corrected chi connectivity index (χ4v) is 5.36. The Bertz CT molecular complexity index is 1970. The van der Waals surface area contributed by atoms with Crippen molar-refractivity contribution >= 4 is 50.4 Å². The van der Waals surface area contributed by atoms with Crippen LogP contribution in [-0.4, -0.2) is 15.0 Å². The van der Waals surface area contributed by atoms with E-state index >= 15 is 0 Å². The van der Waals surface area contributed by atoms with E-state index in [1.807, 2.05) is 72.8 Å². The monoisotopic (exact) mass is 488 g/mol. The maximum Gasteiger partial charge on any atom is 0.238 e. The number of aromatic nitrogens is 3. The fourth-order valence-electron chi connectivity index (χ4n) is 5.36. The summed E-state index contributed by atoms with van der Waals surface area (Å²) in [6, 6.07) is 36.7. The summed E-state index contributed by atoms with van der Waals surface area (Å²) >= 11 is 0. The van der Waals surface area contributed by atoms with Gasteiger partial charge in [0.05, 0.1) is 5.69 Å². The van der Waals surface area contributed by atoms with E-state index in [4.69, 9.17) is 19.4 Å². The topological polar surface area (TPSA) is 55.1 Å². The van der Waals surface area contributed by atoms with E-state index in [0.717, 1.165) is 55.1 Å². The summed E-state index contributed by atoms with van der Waals surface area (Å²) < 4.78 is 6.23. The van der Waals surface area contributed by atoms with Gasteiger partial charge in [-0.2, -0.15) is 9.97 Å². The van der Waals surface area contributed by atoms with Crippen LogP contribution in [0.3, 0.4) is 0 Å². The third-order valence-electron chi connectivity index (χ3n) is 7.08. The molecule has 0 N–H and O–H groups in total. The largest absolute Gasteiger partial charge is 0.456 e. The van der Waals surface area contributed by atoms with Crippen LogP contribution in [0.5, 0.6) is 0 Å². The molecule has 0 saturated heterocycles. The number of benzene rings is 5. The Kier molecular flexibility index (Phi) is 4.45. The van der Waals surface area contributed by atoms with Gasteiger partial charge in [0.25, 0.3) is 0 Å². The summed E-state index contributed by atoms with van der Waals surface area (Å²) in [5.74, 6) is 1.85. The van der Waals surface area contributed by atoms with Crippen molar-refractivity contribution in [2.45, 2.75) is 0 Å². The first-order chi connectivity index (χ1) is 18.8. The van der Waals surface area contributed by atoms with Gasteiger partial charge in [-0.05, 0) is 35.2 Å². The van der Waals surface area contributed by atoms with E-state index in [1.54, 1.807) is 0 Å². The maximum atomic E-state index is 6.23. The Labute approximate surface area is 218 Å². The molecule has 0 unspecified atom stereocenters. The van der Waals surface area contributed by atoms with Crippen molar-refractivity contribution in [3.05, 3.63) is 121 Å². The second-order valence-electron chi connectivity index (χ2n) is 9.34. The molecule has 0 bridgehead atoms. The molecule has 0 saturated carbocycles. The molecule has 8 rings (SSSR count). The van der Waals surface area contributed by atoms with E-state index < -0.39 is 0 Å². The molecule has 178 valence electrons. The van der Waals surface area contributed by atoms with Crippen LogP contribution < -0.4 is 4.90 Å². The lowest BCUT2D eigenvalue weighted by Gasteiger charge is -2.25. The molecule has 0 spiro atoms. The Hall–Kier alpha value is -5.29. The van der Waals surface area contributed by atoms with Crippen molar-refractivity contribution in [2.75, 3.05) is 4.90 Å². The van der Waals surface area contributed by atoms with Crippen LogP contribution in [-0.2, 0) is 0 Å². The molecule has 0 amide bonds. The first-order valence-electron chi connectivity index (χ1n) is 12.5. The minimum absolute atomic E-state index is 0.573. The lowest BCUT2D eigenvalue weighted by molar-refractivity contribution is 0.669. The standard InChI is InChI=1S/C33H20N4O/c1-3-10-21(11-4-1)31-34-32(22-12-5-2-6-13-22)36-33(35-31)37-19-18-25-29-23(14-9-16-26(29)37)20-28-30(25)24-15-7-8-17-27(24)38-28/h1-20H. The molecule has 3 heterocycles. The van der Waals surface area contributed by atoms with E-state index in [1.165, 1.54) is 0 Å². The van der Waals surface area contributed by atoms with Gasteiger partial charge in [-0.1, -0.05) is 91.0 Å². The van der Waals surface area contributed by atoms with Crippen LogP contribution in [0.4, 0.5) is 11.6 Å². The number of nitrogens with zero attached hydrogens (tertiary/aromatic N) is 4. The Morgan fingerprint density at radius 1 is 0.579 bits per heavy atom. The van der Waals surface area contributed by atoms with Crippen LogP contribution in [0, 0.1) is 0 Å².